The smallest absolute Gasteiger partial charge is 0.317 e. The van der Waals surface area contributed by atoms with Gasteiger partial charge in [-0.05, 0) is 29.5 Å². The Morgan fingerprint density at radius 1 is 1.08 bits per heavy atom. The number of carboxylic acids is 1. The molecule has 1 fully saturated rings. The SMILES string of the molecule is O=C(O)[C@H]1CCN(C(=O)NCCc2cccc(-c3ccccc3)c2)C1. The van der Waals surface area contributed by atoms with E-state index in [2.05, 4.69) is 35.6 Å². The average Bonchev–Trinajstić information content (AvgIpc) is 3.13. The van der Waals surface area contributed by atoms with E-state index in [0.717, 1.165) is 17.5 Å². The van der Waals surface area contributed by atoms with Crippen LogP contribution in [0.4, 0.5) is 4.79 Å². The molecule has 2 amide bonds. The van der Waals surface area contributed by atoms with Crippen LogP contribution in [0.25, 0.3) is 11.1 Å². The van der Waals surface area contributed by atoms with Crippen molar-refractivity contribution in [1.29, 1.82) is 0 Å². The maximum absolute atomic E-state index is 12.1. The lowest BCUT2D eigenvalue weighted by molar-refractivity contribution is -0.141. The minimum absolute atomic E-state index is 0.178. The van der Waals surface area contributed by atoms with Gasteiger partial charge in [0.2, 0.25) is 0 Å². The predicted molar refractivity (Wildman–Crippen MR) is 96.3 cm³/mol. The number of benzene rings is 2. The third-order valence-corrected chi connectivity index (χ3v) is 4.55. The fourth-order valence-corrected chi connectivity index (χ4v) is 3.11. The standard InChI is InChI=1S/C20H22N2O3/c23-19(24)18-10-12-22(14-18)20(25)21-11-9-15-5-4-8-17(13-15)16-6-2-1-3-7-16/h1-8,13,18H,9-12,14H2,(H,21,25)(H,23,24)/t18-/m0/s1. The van der Waals surface area contributed by atoms with Gasteiger partial charge in [-0.2, -0.15) is 0 Å². The van der Waals surface area contributed by atoms with Gasteiger partial charge in [-0.3, -0.25) is 4.79 Å². The first-order valence-electron chi connectivity index (χ1n) is 8.53. The zero-order valence-corrected chi connectivity index (χ0v) is 14.0. The van der Waals surface area contributed by atoms with E-state index in [9.17, 15) is 9.59 Å². The lowest BCUT2D eigenvalue weighted by Gasteiger charge is -2.16. The quantitative estimate of drug-likeness (QED) is 0.880. The van der Waals surface area contributed by atoms with Crippen molar-refractivity contribution in [2.45, 2.75) is 12.8 Å². The molecule has 0 spiro atoms. The van der Waals surface area contributed by atoms with Crippen LogP contribution in [0.1, 0.15) is 12.0 Å². The molecule has 0 aromatic heterocycles. The number of hydrogen-bond acceptors (Lipinski definition) is 2. The summed E-state index contributed by atoms with van der Waals surface area (Å²) in [6.07, 6.45) is 1.27. The molecule has 0 bridgehead atoms. The average molecular weight is 338 g/mol. The minimum Gasteiger partial charge on any atom is -0.481 e. The molecule has 0 unspecified atom stereocenters. The van der Waals surface area contributed by atoms with Gasteiger partial charge in [0.1, 0.15) is 0 Å². The van der Waals surface area contributed by atoms with Crippen molar-refractivity contribution in [3.05, 3.63) is 60.2 Å². The number of hydrogen-bond donors (Lipinski definition) is 2. The van der Waals surface area contributed by atoms with Gasteiger partial charge < -0.3 is 15.3 Å². The number of carbonyl (C=O) groups is 2. The van der Waals surface area contributed by atoms with Crippen LogP contribution >= 0.6 is 0 Å². The molecule has 2 aromatic rings. The van der Waals surface area contributed by atoms with Gasteiger partial charge in [0.15, 0.2) is 0 Å². The summed E-state index contributed by atoms with van der Waals surface area (Å²) >= 11 is 0. The molecule has 0 aliphatic carbocycles. The van der Waals surface area contributed by atoms with E-state index in [1.54, 1.807) is 4.90 Å². The summed E-state index contributed by atoms with van der Waals surface area (Å²) < 4.78 is 0. The molecule has 1 aliphatic rings. The van der Waals surface area contributed by atoms with E-state index in [1.165, 1.54) is 5.56 Å². The highest BCUT2D eigenvalue weighted by molar-refractivity contribution is 5.77. The fourth-order valence-electron chi connectivity index (χ4n) is 3.11. The van der Waals surface area contributed by atoms with Crippen LogP contribution in [0, 0.1) is 5.92 Å². The summed E-state index contributed by atoms with van der Waals surface area (Å²) in [6.45, 7) is 1.34. The second-order valence-corrected chi connectivity index (χ2v) is 6.32. The number of nitrogens with zero attached hydrogens (tertiary/aromatic N) is 1. The van der Waals surface area contributed by atoms with Crippen LogP contribution < -0.4 is 5.32 Å². The molecule has 5 nitrogen and oxygen atoms in total. The molecule has 0 radical (unpaired) electrons. The van der Waals surface area contributed by atoms with E-state index < -0.39 is 11.9 Å². The molecule has 0 saturated carbocycles. The molecule has 5 heteroatoms. The number of carbonyl (C=O) groups excluding carboxylic acids is 1. The molecule has 1 heterocycles. The van der Waals surface area contributed by atoms with Crippen LogP contribution in [0.3, 0.4) is 0 Å². The first-order valence-corrected chi connectivity index (χ1v) is 8.53. The van der Waals surface area contributed by atoms with Gasteiger partial charge in [-0.1, -0.05) is 54.6 Å². The Morgan fingerprint density at radius 2 is 1.84 bits per heavy atom. The second-order valence-electron chi connectivity index (χ2n) is 6.32. The number of aliphatic carboxylic acids is 1. The molecule has 1 saturated heterocycles. The Hall–Kier alpha value is -2.82. The first-order chi connectivity index (χ1) is 12.1. The summed E-state index contributed by atoms with van der Waals surface area (Å²) in [6, 6.07) is 18.3. The summed E-state index contributed by atoms with van der Waals surface area (Å²) in [7, 11) is 0. The summed E-state index contributed by atoms with van der Waals surface area (Å²) in [5.41, 5.74) is 3.49. The van der Waals surface area contributed by atoms with E-state index in [1.807, 2.05) is 24.3 Å². The fraction of sp³-hybridized carbons (Fsp3) is 0.300. The zero-order chi connectivity index (χ0) is 17.6. The van der Waals surface area contributed by atoms with E-state index >= 15 is 0 Å². The molecule has 3 rings (SSSR count). The van der Waals surface area contributed by atoms with Crippen molar-refractivity contribution in [2.24, 2.45) is 5.92 Å². The molecule has 1 atom stereocenters. The number of nitrogens with one attached hydrogen (secondary N) is 1. The predicted octanol–water partition coefficient (Wildman–Crippen LogP) is 3.01. The lowest BCUT2D eigenvalue weighted by atomic mass is 10.0. The number of amides is 2. The van der Waals surface area contributed by atoms with Crippen LogP contribution in [0.5, 0.6) is 0 Å². The Morgan fingerprint density at radius 3 is 2.56 bits per heavy atom. The van der Waals surface area contributed by atoms with Gasteiger partial charge in [-0.25, -0.2) is 4.79 Å². The monoisotopic (exact) mass is 338 g/mol. The minimum atomic E-state index is -0.826. The molecule has 25 heavy (non-hydrogen) atoms. The highest BCUT2D eigenvalue weighted by atomic mass is 16.4. The van der Waals surface area contributed by atoms with Crippen molar-refractivity contribution in [2.75, 3.05) is 19.6 Å². The second kappa shape index (κ2) is 7.83. The normalized spacial score (nSPS) is 16.6. The third-order valence-electron chi connectivity index (χ3n) is 4.55. The zero-order valence-electron chi connectivity index (χ0n) is 14.0. The number of rotatable bonds is 5. The summed E-state index contributed by atoms with van der Waals surface area (Å²) in [5, 5.41) is 11.9. The highest BCUT2D eigenvalue weighted by Crippen LogP contribution is 2.20. The Bertz CT molecular complexity index is 746. The number of urea groups is 1. The Labute approximate surface area is 147 Å². The van der Waals surface area contributed by atoms with Gasteiger partial charge >= 0.3 is 12.0 Å². The highest BCUT2D eigenvalue weighted by Gasteiger charge is 2.30. The van der Waals surface area contributed by atoms with Gasteiger partial charge in [-0.15, -0.1) is 0 Å². The van der Waals surface area contributed by atoms with E-state index in [4.69, 9.17) is 5.11 Å². The largest absolute Gasteiger partial charge is 0.481 e. The molecule has 1 aliphatic heterocycles. The van der Waals surface area contributed by atoms with Crippen LogP contribution in [0.2, 0.25) is 0 Å². The Balaban J connectivity index is 1.51. The van der Waals surface area contributed by atoms with Gasteiger partial charge in [0, 0.05) is 19.6 Å². The van der Waals surface area contributed by atoms with Crippen LogP contribution in [0.15, 0.2) is 54.6 Å². The third kappa shape index (κ3) is 4.38. The van der Waals surface area contributed by atoms with Crippen molar-refractivity contribution in [3.8, 4) is 11.1 Å². The van der Waals surface area contributed by atoms with Gasteiger partial charge in [0.25, 0.3) is 0 Å². The molecular formula is C20H22N2O3. The topological polar surface area (TPSA) is 69.6 Å². The molecule has 130 valence electrons. The first kappa shape index (κ1) is 17.0. The van der Waals surface area contributed by atoms with Crippen molar-refractivity contribution >= 4 is 12.0 Å². The molecule has 2 N–H and O–H groups in total. The van der Waals surface area contributed by atoms with Crippen LogP contribution in [-0.4, -0.2) is 41.6 Å². The lowest BCUT2D eigenvalue weighted by Crippen LogP contribution is -2.39. The maximum Gasteiger partial charge on any atom is 0.317 e. The van der Waals surface area contributed by atoms with Crippen LogP contribution in [-0.2, 0) is 11.2 Å². The summed E-state index contributed by atoms with van der Waals surface area (Å²) in [4.78, 5) is 24.7. The van der Waals surface area contributed by atoms with E-state index in [-0.39, 0.29) is 6.03 Å². The van der Waals surface area contributed by atoms with Crippen molar-refractivity contribution in [3.63, 3.8) is 0 Å². The molecular weight excluding hydrogens is 316 g/mol. The molecule has 2 aromatic carbocycles. The number of carboxylic acid groups (broad SMARTS) is 1. The maximum atomic E-state index is 12.1. The van der Waals surface area contributed by atoms with E-state index in [0.29, 0.717) is 26.1 Å². The van der Waals surface area contributed by atoms with Crippen molar-refractivity contribution < 1.29 is 14.7 Å². The van der Waals surface area contributed by atoms with Gasteiger partial charge in [0.05, 0.1) is 5.92 Å². The number of likely N-dealkylation sites (tertiary alicyclic amines) is 1. The van der Waals surface area contributed by atoms with Crippen molar-refractivity contribution in [1.82, 2.24) is 10.2 Å². The Kier molecular flexibility index (Phi) is 5.33. The summed E-state index contributed by atoms with van der Waals surface area (Å²) in [5.74, 6) is -1.26.